The topological polar surface area (TPSA) is 58.4 Å². The van der Waals surface area contributed by atoms with Crippen LogP contribution in [-0.4, -0.2) is 42.8 Å². The van der Waals surface area contributed by atoms with E-state index < -0.39 is 24.3 Å². The molecule has 102 valence electrons. The molecule has 3 N–H and O–H groups in total. The molecular weight excluding hydrogens is 235 g/mol. The molecular formula is C10H20F3N3O. The largest absolute Gasteiger partial charge is 0.405 e. The maximum Gasteiger partial charge on any atom is 0.405 e. The third-order valence-electron chi connectivity index (χ3n) is 3.15. The second-order valence-corrected chi connectivity index (χ2v) is 3.97. The van der Waals surface area contributed by atoms with E-state index in [4.69, 9.17) is 5.73 Å². The Morgan fingerprint density at radius 2 is 1.76 bits per heavy atom. The van der Waals surface area contributed by atoms with E-state index >= 15 is 0 Å². The van der Waals surface area contributed by atoms with Crippen molar-refractivity contribution in [1.82, 2.24) is 10.2 Å². The zero-order chi connectivity index (χ0) is 13.7. The molecule has 17 heavy (non-hydrogen) atoms. The van der Waals surface area contributed by atoms with Gasteiger partial charge in [0.25, 0.3) is 0 Å². The Labute approximate surface area is 99.3 Å². The third kappa shape index (κ3) is 4.41. The van der Waals surface area contributed by atoms with Crippen molar-refractivity contribution in [1.29, 1.82) is 0 Å². The molecule has 0 rings (SSSR count). The highest BCUT2D eigenvalue weighted by Crippen LogP contribution is 2.21. The summed E-state index contributed by atoms with van der Waals surface area (Å²) in [4.78, 5) is 12.8. The summed E-state index contributed by atoms with van der Waals surface area (Å²) in [5, 5.41) is 1.84. The highest BCUT2D eigenvalue weighted by atomic mass is 19.4. The molecule has 0 atom stereocenters. The van der Waals surface area contributed by atoms with E-state index in [1.807, 2.05) is 19.2 Å². The Morgan fingerprint density at radius 1 is 1.29 bits per heavy atom. The first-order valence-corrected chi connectivity index (χ1v) is 5.51. The molecule has 7 heteroatoms. The first-order valence-electron chi connectivity index (χ1n) is 5.51. The van der Waals surface area contributed by atoms with Gasteiger partial charge in [-0.05, 0) is 12.8 Å². The minimum Gasteiger partial charge on any atom is -0.329 e. The lowest BCUT2D eigenvalue weighted by Crippen LogP contribution is -2.57. The molecule has 2 amide bonds. The molecule has 0 aromatic rings. The maximum atomic E-state index is 12.0. The van der Waals surface area contributed by atoms with Crippen LogP contribution in [0, 0.1) is 0 Å². The second-order valence-electron chi connectivity index (χ2n) is 3.97. The van der Waals surface area contributed by atoms with Crippen molar-refractivity contribution in [3.63, 3.8) is 0 Å². The smallest absolute Gasteiger partial charge is 0.329 e. The summed E-state index contributed by atoms with van der Waals surface area (Å²) in [6.45, 7) is 2.59. The van der Waals surface area contributed by atoms with Crippen molar-refractivity contribution in [2.75, 3.05) is 20.1 Å². The van der Waals surface area contributed by atoms with Crippen LogP contribution in [0.15, 0.2) is 0 Å². The number of halogens is 3. The lowest BCUT2D eigenvalue weighted by molar-refractivity contribution is -0.123. The highest BCUT2D eigenvalue weighted by molar-refractivity contribution is 5.74. The molecule has 0 saturated carbocycles. The van der Waals surface area contributed by atoms with E-state index in [9.17, 15) is 18.0 Å². The SMILES string of the molecule is CCC(CC)(CN)N(C)C(=O)NCC(F)(F)F. The van der Waals surface area contributed by atoms with Crippen molar-refractivity contribution in [3.05, 3.63) is 0 Å². The van der Waals surface area contributed by atoms with Crippen molar-refractivity contribution >= 4 is 6.03 Å². The Morgan fingerprint density at radius 3 is 2.06 bits per heavy atom. The molecule has 0 heterocycles. The van der Waals surface area contributed by atoms with Gasteiger partial charge in [-0.2, -0.15) is 13.2 Å². The predicted molar refractivity (Wildman–Crippen MR) is 59.6 cm³/mol. The van der Waals surface area contributed by atoms with E-state index in [2.05, 4.69) is 0 Å². The fraction of sp³-hybridized carbons (Fsp3) is 0.900. The monoisotopic (exact) mass is 255 g/mol. The van der Waals surface area contributed by atoms with Gasteiger partial charge in [0.2, 0.25) is 0 Å². The van der Waals surface area contributed by atoms with Crippen molar-refractivity contribution in [2.24, 2.45) is 5.73 Å². The Bertz CT molecular complexity index is 243. The average Bonchev–Trinajstić information content (AvgIpc) is 2.27. The molecule has 0 aliphatic heterocycles. The molecule has 4 nitrogen and oxygen atoms in total. The number of carbonyl (C=O) groups is 1. The van der Waals surface area contributed by atoms with Crippen LogP contribution >= 0.6 is 0 Å². The molecule has 0 aliphatic carbocycles. The van der Waals surface area contributed by atoms with Crippen molar-refractivity contribution in [2.45, 2.75) is 38.4 Å². The summed E-state index contributed by atoms with van der Waals surface area (Å²) in [5.74, 6) is 0. The Balaban J connectivity index is 4.57. The van der Waals surface area contributed by atoms with Crippen LogP contribution in [0.2, 0.25) is 0 Å². The van der Waals surface area contributed by atoms with E-state index in [1.165, 1.54) is 11.9 Å². The van der Waals surface area contributed by atoms with Crippen LogP contribution in [0.4, 0.5) is 18.0 Å². The number of alkyl halides is 3. The summed E-state index contributed by atoms with van der Waals surface area (Å²) in [6, 6.07) is -0.753. The zero-order valence-corrected chi connectivity index (χ0v) is 10.4. The van der Waals surface area contributed by atoms with E-state index in [0.717, 1.165) is 0 Å². The van der Waals surface area contributed by atoms with Gasteiger partial charge in [0, 0.05) is 13.6 Å². The number of likely N-dealkylation sites (N-methyl/N-ethyl adjacent to an activating group) is 1. The highest BCUT2D eigenvalue weighted by Gasteiger charge is 2.34. The standard InChI is InChI=1S/C10H20F3N3O/c1-4-9(5-2,6-14)16(3)8(17)15-7-10(11,12)13/h4-7,14H2,1-3H3,(H,15,17). The first-order chi connectivity index (χ1) is 7.72. The molecule has 0 spiro atoms. The molecule has 0 radical (unpaired) electrons. The van der Waals surface area contributed by atoms with Gasteiger partial charge in [0.05, 0.1) is 5.54 Å². The predicted octanol–water partition coefficient (Wildman–Crippen LogP) is 1.71. The molecule has 0 aromatic heterocycles. The minimum atomic E-state index is -4.40. The van der Waals surface area contributed by atoms with Gasteiger partial charge in [-0.3, -0.25) is 0 Å². The van der Waals surface area contributed by atoms with Gasteiger partial charge in [-0.1, -0.05) is 13.8 Å². The number of rotatable bonds is 5. The normalized spacial score (nSPS) is 12.4. The number of nitrogens with zero attached hydrogens (tertiary/aromatic N) is 1. The molecule has 0 unspecified atom stereocenters. The van der Waals surface area contributed by atoms with Crippen LogP contribution in [-0.2, 0) is 0 Å². The number of hydrogen-bond acceptors (Lipinski definition) is 2. The van der Waals surface area contributed by atoms with E-state index in [1.54, 1.807) is 0 Å². The van der Waals surface area contributed by atoms with Gasteiger partial charge < -0.3 is 16.0 Å². The van der Waals surface area contributed by atoms with Gasteiger partial charge in [-0.25, -0.2) is 4.79 Å². The van der Waals surface area contributed by atoms with Crippen LogP contribution in [0.5, 0.6) is 0 Å². The number of amides is 2. The van der Waals surface area contributed by atoms with Crippen LogP contribution in [0.25, 0.3) is 0 Å². The number of urea groups is 1. The zero-order valence-electron chi connectivity index (χ0n) is 10.4. The van der Waals surface area contributed by atoms with Crippen molar-refractivity contribution in [3.8, 4) is 0 Å². The van der Waals surface area contributed by atoms with Gasteiger partial charge in [0.15, 0.2) is 0 Å². The second kappa shape index (κ2) is 6.09. The van der Waals surface area contributed by atoms with Gasteiger partial charge in [0.1, 0.15) is 6.54 Å². The van der Waals surface area contributed by atoms with Crippen LogP contribution in [0.3, 0.4) is 0 Å². The number of nitrogens with one attached hydrogen (secondary N) is 1. The van der Waals surface area contributed by atoms with Gasteiger partial charge >= 0.3 is 12.2 Å². The maximum absolute atomic E-state index is 12.0. The fourth-order valence-electron chi connectivity index (χ4n) is 1.66. The number of hydrogen-bond donors (Lipinski definition) is 2. The third-order valence-corrected chi connectivity index (χ3v) is 3.15. The average molecular weight is 255 g/mol. The number of nitrogens with two attached hydrogens (primary N) is 1. The summed E-state index contributed by atoms with van der Waals surface area (Å²) >= 11 is 0. The van der Waals surface area contributed by atoms with Crippen LogP contribution in [0.1, 0.15) is 26.7 Å². The fourth-order valence-corrected chi connectivity index (χ4v) is 1.66. The first kappa shape index (κ1) is 16.0. The molecule has 0 bridgehead atoms. The van der Waals surface area contributed by atoms with E-state index in [-0.39, 0.29) is 6.54 Å². The van der Waals surface area contributed by atoms with Crippen LogP contribution < -0.4 is 11.1 Å². The quantitative estimate of drug-likeness (QED) is 0.785. The lowest BCUT2D eigenvalue weighted by Gasteiger charge is -2.39. The Hall–Kier alpha value is -0.980. The summed E-state index contributed by atoms with van der Waals surface area (Å²) in [7, 11) is 1.46. The van der Waals surface area contributed by atoms with Crippen molar-refractivity contribution < 1.29 is 18.0 Å². The summed E-state index contributed by atoms with van der Waals surface area (Å²) < 4.78 is 35.9. The summed E-state index contributed by atoms with van der Waals surface area (Å²) in [6.07, 6.45) is -3.22. The molecule has 0 saturated heterocycles. The van der Waals surface area contributed by atoms with E-state index in [0.29, 0.717) is 12.8 Å². The lowest BCUT2D eigenvalue weighted by atomic mass is 9.91. The molecule has 0 aromatic carbocycles. The van der Waals surface area contributed by atoms with Gasteiger partial charge in [-0.15, -0.1) is 0 Å². The minimum absolute atomic E-state index is 0.218. The molecule has 0 fully saturated rings. The Kier molecular flexibility index (Phi) is 5.74. The summed E-state index contributed by atoms with van der Waals surface area (Å²) in [5.41, 5.74) is 5.02. The number of carbonyl (C=O) groups excluding carboxylic acids is 1. The molecule has 0 aliphatic rings.